The van der Waals surface area contributed by atoms with Crippen LogP contribution in [0.1, 0.15) is 5.56 Å². The molecule has 2 N–H and O–H groups in total. The molecule has 3 heteroatoms. The van der Waals surface area contributed by atoms with Crippen LogP contribution >= 0.6 is 0 Å². The first-order valence-electron chi connectivity index (χ1n) is 4.31. The first-order valence-corrected chi connectivity index (χ1v) is 4.31. The average molecular weight is 171 g/mol. The Labute approximate surface area is 75.5 Å². The summed E-state index contributed by atoms with van der Waals surface area (Å²) in [4.78, 5) is 7.43. The van der Waals surface area contributed by atoms with Crippen LogP contribution in [0.5, 0.6) is 0 Å². The SMILES string of the molecule is C1=Cc2c([nH]c3ccncc23)NC1. The second-order valence-corrected chi connectivity index (χ2v) is 3.12. The molecule has 0 bridgehead atoms. The van der Waals surface area contributed by atoms with Crippen LogP contribution < -0.4 is 5.32 Å². The van der Waals surface area contributed by atoms with Crippen LogP contribution in [0.15, 0.2) is 24.5 Å². The van der Waals surface area contributed by atoms with Gasteiger partial charge in [0.05, 0.1) is 5.52 Å². The summed E-state index contributed by atoms with van der Waals surface area (Å²) in [5.41, 5.74) is 2.36. The lowest BCUT2D eigenvalue weighted by atomic mass is 10.1. The van der Waals surface area contributed by atoms with Crippen LogP contribution in [0.25, 0.3) is 17.0 Å². The van der Waals surface area contributed by atoms with Gasteiger partial charge in [-0.1, -0.05) is 12.2 Å². The van der Waals surface area contributed by atoms with Crippen molar-refractivity contribution in [3.8, 4) is 0 Å². The number of hydrogen-bond acceptors (Lipinski definition) is 2. The van der Waals surface area contributed by atoms with Crippen molar-refractivity contribution in [2.24, 2.45) is 0 Å². The maximum Gasteiger partial charge on any atom is 0.112 e. The lowest BCUT2D eigenvalue weighted by Crippen LogP contribution is -2.02. The maximum absolute atomic E-state index is 4.11. The summed E-state index contributed by atoms with van der Waals surface area (Å²) < 4.78 is 0. The number of H-pyrrole nitrogens is 1. The molecule has 2 aromatic rings. The van der Waals surface area contributed by atoms with Crippen LogP contribution in [-0.4, -0.2) is 16.5 Å². The second-order valence-electron chi connectivity index (χ2n) is 3.12. The Hall–Kier alpha value is -1.77. The van der Waals surface area contributed by atoms with E-state index in [1.54, 1.807) is 6.20 Å². The number of hydrogen-bond donors (Lipinski definition) is 2. The maximum atomic E-state index is 4.11. The number of aromatic amines is 1. The fourth-order valence-corrected chi connectivity index (χ4v) is 1.71. The van der Waals surface area contributed by atoms with Crippen molar-refractivity contribution >= 4 is 22.8 Å². The zero-order chi connectivity index (χ0) is 8.67. The van der Waals surface area contributed by atoms with Gasteiger partial charge in [0.15, 0.2) is 0 Å². The molecule has 0 atom stereocenters. The molecule has 3 heterocycles. The minimum Gasteiger partial charge on any atom is -0.368 e. The molecule has 2 aromatic heterocycles. The van der Waals surface area contributed by atoms with Crippen molar-refractivity contribution in [3.05, 3.63) is 30.1 Å². The Morgan fingerprint density at radius 1 is 1.38 bits per heavy atom. The third-order valence-electron chi connectivity index (χ3n) is 2.32. The van der Waals surface area contributed by atoms with Gasteiger partial charge in [-0.2, -0.15) is 0 Å². The molecule has 3 nitrogen and oxygen atoms in total. The number of fused-ring (bicyclic) bond motifs is 3. The summed E-state index contributed by atoms with van der Waals surface area (Å²) in [6.45, 7) is 0.896. The lowest BCUT2D eigenvalue weighted by molar-refractivity contribution is 1.26. The smallest absolute Gasteiger partial charge is 0.112 e. The van der Waals surface area contributed by atoms with Crippen molar-refractivity contribution < 1.29 is 0 Å². The molecule has 0 saturated heterocycles. The molecule has 0 spiro atoms. The Morgan fingerprint density at radius 2 is 2.38 bits per heavy atom. The number of rotatable bonds is 0. The predicted octanol–water partition coefficient (Wildman–Crippen LogP) is 2.00. The molecule has 1 aliphatic heterocycles. The van der Waals surface area contributed by atoms with E-state index in [0.717, 1.165) is 17.9 Å². The predicted molar refractivity (Wildman–Crippen MR) is 53.6 cm³/mol. The molecule has 13 heavy (non-hydrogen) atoms. The molecule has 0 fully saturated rings. The summed E-state index contributed by atoms with van der Waals surface area (Å²) in [6, 6.07) is 1.99. The molecule has 64 valence electrons. The van der Waals surface area contributed by atoms with Crippen molar-refractivity contribution in [2.75, 3.05) is 11.9 Å². The molecular weight excluding hydrogens is 162 g/mol. The van der Waals surface area contributed by atoms with E-state index in [1.807, 2.05) is 12.3 Å². The number of pyridine rings is 1. The number of anilines is 1. The summed E-state index contributed by atoms with van der Waals surface area (Å²) in [7, 11) is 0. The van der Waals surface area contributed by atoms with Crippen molar-refractivity contribution in [1.29, 1.82) is 0 Å². The van der Waals surface area contributed by atoms with Gasteiger partial charge >= 0.3 is 0 Å². The van der Waals surface area contributed by atoms with Gasteiger partial charge in [-0.25, -0.2) is 0 Å². The first kappa shape index (κ1) is 6.71. The zero-order valence-corrected chi connectivity index (χ0v) is 7.04. The van der Waals surface area contributed by atoms with Gasteiger partial charge in [-0.3, -0.25) is 4.98 Å². The van der Waals surface area contributed by atoms with E-state index in [9.17, 15) is 0 Å². The number of nitrogens with one attached hydrogen (secondary N) is 2. The molecular formula is C10H9N3. The van der Waals surface area contributed by atoms with Gasteiger partial charge in [0.1, 0.15) is 5.82 Å². The quantitative estimate of drug-likeness (QED) is 0.636. The molecule has 0 amide bonds. The van der Waals surface area contributed by atoms with E-state index >= 15 is 0 Å². The highest BCUT2D eigenvalue weighted by Gasteiger charge is 2.10. The highest BCUT2D eigenvalue weighted by atomic mass is 15.0. The zero-order valence-electron chi connectivity index (χ0n) is 7.04. The molecule has 0 aliphatic carbocycles. The molecule has 3 rings (SSSR count). The third-order valence-corrected chi connectivity index (χ3v) is 2.32. The monoisotopic (exact) mass is 171 g/mol. The van der Waals surface area contributed by atoms with Crippen molar-refractivity contribution in [1.82, 2.24) is 9.97 Å². The third kappa shape index (κ3) is 0.869. The number of aromatic nitrogens is 2. The van der Waals surface area contributed by atoms with Crippen LogP contribution in [-0.2, 0) is 0 Å². The fourth-order valence-electron chi connectivity index (χ4n) is 1.71. The van der Waals surface area contributed by atoms with Crippen LogP contribution in [0.2, 0.25) is 0 Å². The van der Waals surface area contributed by atoms with Gasteiger partial charge in [0, 0.05) is 29.9 Å². The molecule has 1 aliphatic rings. The van der Waals surface area contributed by atoms with Gasteiger partial charge in [0.2, 0.25) is 0 Å². The number of nitrogens with zero attached hydrogens (tertiary/aromatic N) is 1. The lowest BCUT2D eigenvalue weighted by Gasteiger charge is -2.06. The molecule has 0 aromatic carbocycles. The first-order chi connectivity index (χ1) is 6.45. The average Bonchev–Trinajstić information content (AvgIpc) is 2.56. The van der Waals surface area contributed by atoms with Crippen molar-refractivity contribution in [2.45, 2.75) is 0 Å². The van der Waals surface area contributed by atoms with E-state index in [1.165, 1.54) is 10.9 Å². The van der Waals surface area contributed by atoms with E-state index in [-0.39, 0.29) is 0 Å². The molecule has 0 unspecified atom stereocenters. The van der Waals surface area contributed by atoms with Crippen LogP contribution in [0.4, 0.5) is 5.82 Å². The highest BCUT2D eigenvalue weighted by molar-refractivity contribution is 5.95. The largest absolute Gasteiger partial charge is 0.368 e. The van der Waals surface area contributed by atoms with E-state index in [0.29, 0.717) is 0 Å². The molecule has 0 radical (unpaired) electrons. The van der Waals surface area contributed by atoms with Gasteiger partial charge in [-0.15, -0.1) is 0 Å². The van der Waals surface area contributed by atoms with Crippen LogP contribution in [0, 0.1) is 0 Å². The normalized spacial score (nSPS) is 14.2. The summed E-state index contributed by atoms with van der Waals surface area (Å²) in [5.74, 6) is 1.10. The minimum absolute atomic E-state index is 0.896. The van der Waals surface area contributed by atoms with E-state index in [2.05, 4.69) is 27.4 Å². The minimum atomic E-state index is 0.896. The van der Waals surface area contributed by atoms with Crippen LogP contribution in [0.3, 0.4) is 0 Å². The Bertz CT molecular complexity index is 482. The second kappa shape index (κ2) is 2.36. The van der Waals surface area contributed by atoms with E-state index < -0.39 is 0 Å². The highest BCUT2D eigenvalue weighted by Crippen LogP contribution is 2.28. The summed E-state index contributed by atoms with van der Waals surface area (Å²) in [6.07, 6.45) is 7.94. The topological polar surface area (TPSA) is 40.7 Å². The van der Waals surface area contributed by atoms with Gasteiger partial charge in [-0.05, 0) is 6.07 Å². The Kier molecular flexibility index (Phi) is 1.22. The van der Waals surface area contributed by atoms with E-state index in [4.69, 9.17) is 0 Å². The summed E-state index contributed by atoms with van der Waals surface area (Å²) >= 11 is 0. The fraction of sp³-hybridized carbons (Fsp3) is 0.100. The van der Waals surface area contributed by atoms with Gasteiger partial charge in [0.25, 0.3) is 0 Å². The standard InChI is InChI=1S/C10H9N3/c1-2-7-8-6-11-5-3-9(8)13-10(7)12-4-1/h1-3,5-6,12-13H,4H2. The summed E-state index contributed by atoms with van der Waals surface area (Å²) in [5, 5.41) is 4.46. The Balaban J connectivity index is 2.42. The molecule has 0 saturated carbocycles. The Morgan fingerprint density at radius 3 is 3.38 bits per heavy atom. The van der Waals surface area contributed by atoms with Crippen molar-refractivity contribution in [3.63, 3.8) is 0 Å². The van der Waals surface area contributed by atoms with Gasteiger partial charge < -0.3 is 10.3 Å².